The van der Waals surface area contributed by atoms with E-state index in [0.29, 0.717) is 11.4 Å². The molecule has 4 heteroatoms. The van der Waals surface area contributed by atoms with Crippen LogP contribution < -0.4 is 5.73 Å². The molecule has 0 saturated carbocycles. The third-order valence-electron chi connectivity index (χ3n) is 2.38. The van der Waals surface area contributed by atoms with Crippen LogP contribution in [0.3, 0.4) is 0 Å². The highest BCUT2D eigenvalue weighted by Gasteiger charge is 2.12. The summed E-state index contributed by atoms with van der Waals surface area (Å²) >= 11 is 0. The van der Waals surface area contributed by atoms with E-state index >= 15 is 0 Å². The SMILES string of the molecule is CCCCCN(C)C(=O)c1cc(N)c[nH]1. The molecule has 0 spiro atoms. The van der Waals surface area contributed by atoms with E-state index in [1.165, 1.54) is 0 Å². The zero-order chi connectivity index (χ0) is 11.3. The summed E-state index contributed by atoms with van der Waals surface area (Å²) in [5.74, 6) is 0.00260. The van der Waals surface area contributed by atoms with Crippen molar-refractivity contribution in [3.05, 3.63) is 18.0 Å². The number of hydrogen-bond donors (Lipinski definition) is 2. The molecule has 0 aliphatic rings. The van der Waals surface area contributed by atoms with E-state index < -0.39 is 0 Å². The molecule has 0 saturated heterocycles. The lowest BCUT2D eigenvalue weighted by Crippen LogP contribution is -2.27. The Labute approximate surface area is 90.5 Å². The fourth-order valence-corrected chi connectivity index (χ4v) is 1.44. The van der Waals surface area contributed by atoms with Gasteiger partial charge in [0.1, 0.15) is 5.69 Å². The molecule has 1 rings (SSSR count). The van der Waals surface area contributed by atoms with Crippen LogP contribution in [0.15, 0.2) is 12.3 Å². The van der Waals surface area contributed by atoms with Crippen molar-refractivity contribution in [2.45, 2.75) is 26.2 Å². The molecule has 0 fully saturated rings. The van der Waals surface area contributed by atoms with Gasteiger partial charge in [-0.05, 0) is 12.5 Å². The van der Waals surface area contributed by atoms with Gasteiger partial charge in [0, 0.05) is 25.5 Å². The minimum atomic E-state index is 0.00260. The monoisotopic (exact) mass is 209 g/mol. The van der Waals surface area contributed by atoms with Gasteiger partial charge < -0.3 is 15.6 Å². The second-order valence-corrected chi connectivity index (χ2v) is 3.78. The summed E-state index contributed by atoms with van der Waals surface area (Å²) in [5, 5.41) is 0. The lowest BCUT2D eigenvalue weighted by molar-refractivity contribution is 0.0787. The van der Waals surface area contributed by atoms with E-state index in [2.05, 4.69) is 11.9 Å². The van der Waals surface area contributed by atoms with Gasteiger partial charge in [0.25, 0.3) is 5.91 Å². The van der Waals surface area contributed by atoms with E-state index in [1.807, 2.05) is 7.05 Å². The van der Waals surface area contributed by atoms with E-state index in [4.69, 9.17) is 5.73 Å². The predicted octanol–water partition coefficient (Wildman–Crippen LogP) is 1.86. The van der Waals surface area contributed by atoms with Gasteiger partial charge in [0.05, 0.1) is 0 Å². The third-order valence-corrected chi connectivity index (χ3v) is 2.38. The van der Waals surface area contributed by atoms with Crippen LogP contribution in [0.5, 0.6) is 0 Å². The average molecular weight is 209 g/mol. The topological polar surface area (TPSA) is 62.1 Å². The van der Waals surface area contributed by atoms with Crippen molar-refractivity contribution in [3.8, 4) is 0 Å². The Balaban J connectivity index is 2.46. The number of rotatable bonds is 5. The van der Waals surface area contributed by atoms with Gasteiger partial charge in [0.2, 0.25) is 0 Å². The molecule has 0 aliphatic heterocycles. The van der Waals surface area contributed by atoms with Crippen molar-refractivity contribution in [3.63, 3.8) is 0 Å². The number of unbranched alkanes of at least 4 members (excludes halogenated alkanes) is 2. The maximum atomic E-state index is 11.8. The molecule has 0 unspecified atom stereocenters. The Hall–Kier alpha value is -1.45. The highest BCUT2D eigenvalue weighted by atomic mass is 16.2. The normalized spacial score (nSPS) is 10.3. The number of nitrogens with one attached hydrogen (secondary N) is 1. The molecule has 84 valence electrons. The molecule has 15 heavy (non-hydrogen) atoms. The van der Waals surface area contributed by atoms with E-state index in [-0.39, 0.29) is 5.91 Å². The number of hydrogen-bond acceptors (Lipinski definition) is 2. The summed E-state index contributed by atoms with van der Waals surface area (Å²) in [5.41, 5.74) is 6.70. The standard InChI is InChI=1S/C11H19N3O/c1-3-4-5-6-14(2)11(15)10-7-9(12)8-13-10/h7-8,13H,3-6,12H2,1-2H3. The van der Waals surface area contributed by atoms with Gasteiger partial charge in [-0.1, -0.05) is 19.8 Å². The van der Waals surface area contributed by atoms with E-state index in [9.17, 15) is 4.79 Å². The highest BCUT2D eigenvalue weighted by Crippen LogP contribution is 2.07. The van der Waals surface area contributed by atoms with E-state index in [1.54, 1.807) is 17.2 Å². The Morgan fingerprint density at radius 2 is 2.27 bits per heavy atom. The molecule has 0 aliphatic carbocycles. The Bertz CT molecular complexity index is 319. The number of nitrogens with zero attached hydrogens (tertiary/aromatic N) is 1. The van der Waals surface area contributed by atoms with Crippen LogP contribution in [0.1, 0.15) is 36.7 Å². The predicted molar refractivity (Wildman–Crippen MR) is 61.7 cm³/mol. The maximum absolute atomic E-state index is 11.8. The van der Waals surface area contributed by atoms with Crippen molar-refractivity contribution < 1.29 is 4.79 Å². The molecule has 1 amide bonds. The first-order valence-electron chi connectivity index (χ1n) is 5.34. The smallest absolute Gasteiger partial charge is 0.270 e. The molecule has 3 N–H and O–H groups in total. The molecular weight excluding hydrogens is 190 g/mol. The lowest BCUT2D eigenvalue weighted by Gasteiger charge is -2.15. The van der Waals surface area contributed by atoms with Crippen LogP contribution in [-0.2, 0) is 0 Å². The molecule has 4 nitrogen and oxygen atoms in total. The first-order valence-corrected chi connectivity index (χ1v) is 5.34. The number of nitrogens with two attached hydrogens (primary N) is 1. The number of amides is 1. The quantitative estimate of drug-likeness (QED) is 0.727. The Morgan fingerprint density at radius 1 is 1.53 bits per heavy atom. The zero-order valence-electron chi connectivity index (χ0n) is 9.42. The summed E-state index contributed by atoms with van der Waals surface area (Å²) < 4.78 is 0. The summed E-state index contributed by atoms with van der Waals surface area (Å²) in [6, 6.07) is 1.67. The van der Waals surface area contributed by atoms with Crippen molar-refractivity contribution in [2.75, 3.05) is 19.3 Å². The van der Waals surface area contributed by atoms with Gasteiger partial charge >= 0.3 is 0 Å². The third kappa shape index (κ3) is 3.31. The number of nitrogen functional groups attached to an aromatic ring is 1. The molecule has 1 heterocycles. The number of carbonyl (C=O) groups excluding carboxylic acids is 1. The summed E-state index contributed by atoms with van der Waals surface area (Å²) in [6.07, 6.45) is 5.00. The summed E-state index contributed by atoms with van der Waals surface area (Å²) in [7, 11) is 1.81. The molecule has 0 atom stereocenters. The van der Waals surface area contributed by atoms with Crippen LogP contribution in [0, 0.1) is 0 Å². The Morgan fingerprint density at radius 3 is 2.80 bits per heavy atom. The van der Waals surface area contributed by atoms with Crippen LogP contribution in [-0.4, -0.2) is 29.4 Å². The van der Waals surface area contributed by atoms with Gasteiger partial charge in [-0.3, -0.25) is 4.79 Å². The minimum absolute atomic E-state index is 0.00260. The van der Waals surface area contributed by atoms with Gasteiger partial charge in [-0.15, -0.1) is 0 Å². The van der Waals surface area contributed by atoms with Crippen molar-refractivity contribution >= 4 is 11.6 Å². The van der Waals surface area contributed by atoms with Gasteiger partial charge in [0.15, 0.2) is 0 Å². The highest BCUT2D eigenvalue weighted by molar-refractivity contribution is 5.93. The summed E-state index contributed by atoms with van der Waals surface area (Å²) in [6.45, 7) is 2.94. The van der Waals surface area contributed by atoms with Gasteiger partial charge in [-0.2, -0.15) is 0 Å². The Kier molecular flexibility index (Phi) is 4.21. The molecule has 0 aromatic carbocycles. The van der Waals surface area contributed by atoms with Crippen LogP contribution >= 0.6 is 0 Å². The number of anilines is 1. The fourth-order valence-electron chi connectivity index (χ4n) is 1.44. The molecule has 1 aromatic heterocycles. The second kappa shape index (κ2) is 5.44. The van der Waals surface area contributed by atoms with Crippen molar-refractivity contribution in [1.82, 2.24) is 9.88 Å². The second-order valence-electron chi connectivity index (χ2n) is 3.78. The number of H-pyrrole nitrogens is 1. The van der Waals surface area contributed by atoms with Gasteiger partial charge in [-0.25, -0.2) is 0 Å². The molecule has 0 bridgehead atoms. The molecule has 0 radical (unpaired) electrons. The minimum Gasteiger partial charge on any atom is -0.397 e. The number of aromatic amines is 1. The zero-order valence-corrected chi connectivity index (χ0v) is 9.42. The average Bonchev–Trinajstić information content (AvgIpc) is 2.64. The molecule has 1 aromatic rings. The van der Waals surface area contributed by atoms with Crippen LogP contribution in [0.25, 0.3) is 0 Å². The first kappa shape index (κ1) is 11.6. The summed E-state index contributed by atoms with van der Waals surface area (Å²) in [4.78, 5) is 16.4. The van der Waals surface area contributed by atoms with Crippen LogP contribution in [0.2, 0.25) is 0 Å². The van der Waals surface area contributed by atoms with Crippen molar-refractivity contribution in [2.24, 2.45) is 0 Å². The number of aromatic nitrogens is 1. The van der Waals surface area contributed by atoms with Crippen molar-refractivity contribution in [1.29, 1.82) is 0 Å². The van der Waals surface area contributed by atoms with Crippen LogP contribution in [0.4, 0.5) is 5.69 Å². The lowest BCUT2D eigenvalue weighted by atomic mass is 10.2. The van der Waals surface area contributed by atoms with E-state index in [0.717, 1.165) is 25.8 Å². The fraction of sp³-hybridized carbons (Fsp3) is 0.545. The number of carbonyl (C=O) groups is 1. The largest absolute Gasteiger partial charge is 0.397 e. The molecular formula is C11H19N3O. The first-order chi connectivity index (χ1) is 7.15. The maximum Gasteiger partial charge on any atom is 0.270 e.